The summed E-state index contributed by atoms with van der Waals surface area (Å²) in [4.78, 5) is 17.5. The fraction of sp³-hybridized carbons (Fsp3) is 0.538. The molecule has 49 heavy (non-hydrogen) atoms. The molecule has 1 saturated carbocycles. The molecule has 0 amide bonds. The van der Waals surface area contributed by atoms with E-state index in [2.05, 4.69) is 25.6 Å². The van der Waals surface area contributed by atoms with E-state index in [0.29, 0.717) is 42.4 Å². The highest BCUT2D eigenvalue weighted by Crippen LogP contribution is 2.62. The Morgan fingerprint density at radius 2 is 1.82 bits per heavy atom. The van der Waals surface area contributed by atoms with Gasteiger partial charge in [0, 0.05) is 31.1 Å². The minimum Gasteiger partial charge on any atom is -0.496 e. The van der Waals surface area contributed by atoms with Crippen LogP contribution in [0.4, 0.5) is 0 Å². The normalized spacial score (nSPS) is 26.2. The molecule has 2 aliphatic carbocycles. The summed E-state index contributed by atoms with van der Waals surface area (Å²) in [6.45, 7) is 9.18. The van der Waals surface area contributed by atoms with Gasteiger partial charge in [-0.15, -0.1) is 6.58 Å². The third kappa shape index (κ3) is 7.88. The fourth-order valence-electron chi connectivity index (χ4n) is 7.89. The third-order valence-corrected chi connectivity index (χ3v) is 11.1. The number of fused-ring (bicyclic) bond motifs is 2. The molecular formula is C39H51NO8S. The molecule has 0 bridgehead atoms. The quantitative estimate of drug-likeness (QED) is 0.0661. The highest BCUT2D eigenvalue weighted by molar-refractivity contribution is 8.00. The van der Waals surface area contributed by atoms with Crippen LogP contribution in [0.2, 0.25) is 0 Å². The van der Waals surface area contributed by atoms with Gasteiger partial charge < -0.3 is 34.0 Å². The van der Waals surface area contributed by atoms with Gasteiger partial charge in [0.2, 0.25) is 5.79 Å². The molecule has 1 aliphatic heterocycles. The van der Waals surface area contributed by atoms with E-state index < -0.39 is 5.79 Å². The number of methoxy groups -OCH3 is 1. The Morgan fingerprint density at radius 3 is 2.51 bits per heavy atom. The van der Waals surface area contributed by atoms with Crippen LogP contribution in [0, 0.1) is 17.8 Å². The minimum atomic E-state index is -0.980. The van der Waals surface area contributed by atoms with Crippen molar-refractivity contribution in [2.24, 2.45) is 22.9 Å². The number of allylic oxidation sites excluding steroid dienone is 1. The summed E-state index contributed by atoms with van der Waals surface area (Å²) in [7, 11) is 1.53. The molecule has 9 nitrogen and oxygen atoms in total. The second-order valence-corrected chi connectivity index (χ2v) is 14.2. The Hall–Kier alpha value is -3.31. The number of hydrogen-bond donors (Lipinski definition) is 2. The van der Waals surface area contributed by atoms with Crippen LogP contribution in [-0.2, 0) is 9.57 Å². The molecule has 10 heteroatoms. The van der Waals surface area contributed by atoms with Crippen LogP contribution in [0.5, 0.6) is 23.0 Å². The van der Waals surface area contributed by atoms with E-state index in [4.69, 9.17) is 28.9 Å². The van der Waals surface area contributed by atoms with Crippen molar-refractivity contribution < 1.29 is 38.8 Å². The lowest BCUT2D eigenvalue weighted by Crippen LogP contribution is -2.64. The van der Waals surface area contributed by atoms with Gasteiger partial charge in [-0.25, -0.2) is 0 Å². The van der Waals surface area contributed by atoms with E-state index in [9.17, 15) is 15.0 Å². The molecule has 2 N–H and O–H groups in total. The monoisotopic (exact) mass is 693 g/mol. The number of carbonyl (C=O) groups is 1. The lowest BCUT2D eigenvalue weighted by molar-refractivity contribution is -0.223. The number of ether oxygens (including phenoxy) is 4. The van der Waals surface area contributed by atoms with Crippen molar-refractivity contribution >= 4 is 23.8 Å². The van der Waals surface area contributed by atoms with Crippen LogP contribution in [-0.4, -0.2) is 72.5 Å². The first-order chi connectivity index (χ1) is 24.0. The van der Waals surface area contributed by atoms with Crippen molar-refractivity contribution in [3.63, 3.8) is 0 Å². The second kappa shape index (κ2) is 17.6. The van der Waals surface area contributed by atoms with Crippen LogP contribution in [0.3, 0.4) is 0 Å². The lowest BCUT2D eigenvalue weighted by atomic mass is 9.56. The molecule has 3 aliphatic rings. The summed E-state index contributed by atoms with van der Waals surface area (Å²) in [6, 6.07) is 11.1. The standard InChI is InChI=1S/C39H51NO8S/c1-5-20-45-39-36(49-7-3)24-33(40-46-6-2)31-22-26(12-8-10-18-41)30(13-9-11-19-42)37(38(31)39)32-23-29(15-17-35(32)48-39)47-28-14-16-34(44-4)27(21-28)25-43/h5,14-17,21-23,25-26,30,36-38,41-42H,1,6-13,18-20,24H2,2-4H3. The highest BCUT2D eigenvalue weighted by atomic mass is 32.2. The number of benzene rings is 2. The van der Waals surface area contributed by atoms with Crippen LogP contribution in [0.1, 0.15) is 80.6 Å². The number of hydrogen-bond acceptors (Lipinski definition) is 10. The van der Waals surface area contributed by atoms with Gasteiger partial charge >= 0.3 is 0 Å². The van der Waals surface area contributed by atoms with Crippen LogP contribution in [0.15, 0.2) is 65.9 Å². The first-order valence-electron chi connectivity index (χ1n) is 17.6. The van der Waals surface area contributed by atoms with Gasteiger partial charge in [0.15, 0.2) is 6.29 Å². The summed E-state index contributed by atoms with van der Waals surface area (Å²) in [5.41, 5.74) is 3.48. The molecule has 0 radical (unpaired) electrons. The Morgan fingerprint density at radius 1 is 1.06 bits per heavy atom. The number of oxime groups is 1. The first-order valence-corrected chi connectivity index (χ1v) is 18.7. The maximum atomic E-state index is 11.7. The van der Waals surface area contributed by atoms with E-state index in [1.54, 1.807) is 24.3 Å². The molecular weight excluding hydrogens is 642 g/mol. The van der Waals surface area contributed by atoms with E-state index in [0.717, 1.165) is 73.2 Å². The number of unbranched alkanes of at least 4 members (excludes halogenated alkanes) is 2. The zero-order valence-corrected chi connectivity index (χ0v) is 29.8. The van der Waals surface area contributed by atoms with Crippen molar-refractivity contribution in [3.05, 3.63) is 71.8 Å². The lowest BCUT2D eigenvalue weighted by Gasteiger charge is -2.58. The smallest absolute Gasteiger partial charge is 0.230 e. The molecule has 6 unspecified atom stereocenters. The fourth-order valence-corrected chi connectivity index (χ4v) is 9.06. The Kier molecular flexibility index (Phi) is 13.2. The summed E-state index contributed by atoms with van der Waals surface area (Å²) >= 11 is 1.82. The van der Waals surface area contributed by atoms with E-state index in [-0.39, 0.29) is 42.1 Å². The SMILES string of the molecule is C=CCOC12Oc3ccc(Oc4ccc(OC)c(C=O)c4)cc3C3C(CCCCO)C(CCCCO)C=C(C(=NOCC)CC1SCC)C32. The number of nitrogens with zero attached hydrogens (tertiary/aromatic N) is 1. The average Bonchev–Trinajstić information content (AvgIpc) is 3.12. The van der Waals surface area contributed by atoms with Crippen molar-refractivity contribution in [1.29, 1.82) is 0 Å². The topological polar surface area (TPSA) is 116 Å². The van der Waals surface area contributed by atoms with Gasteiger partial charge in [-0.05, 0) is 92.2 Å². The van der Waals surface area contributed by atoms with Gasteiger partial charge in [-0.3, -0.25) is 4.79 Å². The van der Waals surface area contributed by atoms with Gasteiger partial charge in [-0.2, -0.15) is 11.8 Å². The summed E-state index contributed by atoms with van der Waals surface area (Å²) in [5, 5.41) is 24.1. The Balaban J connectivity index is 1.70. The summed E-state index contributed by atoms with van der Waals surface area (Å²) in [6.07, 6.45) is 10.6. The van der Waals surface area contributed by atoms with E-state index in [1.165, 1.54) is 7.11 Å². The third-order valence-electron chi connectivity index (χ3n) is 9.86. The maximum absolute atomic E-state index is 11.7. The number of aldehydes is 1. The van der Waals surface area contributed by atoms with Gasteiger partial charge in [0.25, 0.3) is 0 Å². The molecule has 0 spiro atoms. The second-order valence-electron chi connectivity index (χ2n) is 12.7. The Bertz CT molecular complexity index is 1490. The molecule has 1 heterocycles. The number of aliphatic hydroxyl groups is 2. The highest BCUT2D eigenvalue weighted by Gasteiger charge is 2.63. The maximum Gasteiger partial charge on any atom is 0.230 e. The molecule has 6 atom stereocenters. The largest absolute Gasteiger partial charge is 0.496 e. The first kappa shape index (κ1) is 37.0. The average molecular weight is 694 g/mol. The summed E-state index contributed by atoms with van der Waals surface area (Å²) < 4.78 is 25.7. The molecule has 0 aromatic heterocycles. The molecule has 0 saturated heterocycles. The van der Waals surface area contributed by atoms with Crippen molar-refractivity contribution in [3.8, 4) is 23.0 Å². The van der Waals surface area contributed by atoms with Gasteiger partial charge in [0.1, 0.15) is 29.6 Å². The van der Waals surface area contributed by atoms with Crippen molar-refractivity contribution in [1.82, 2.24) is 0 Å². The van der Waals surface area contributed by atoms with E-state index >= 15 is 0 Å². The Labute approximate surface area is 294 Å². The number of thioether (sulfide) groups is 1. The van der Waals surface area contributed by atoms with Crippen LogP contribution >= 0.6 is 11.8 Å². The van der Waals surface area contributed by atoms with Gasteiger partial charge in [0.05, 0.1) is 36.2 Å². The molecule has 1 fully saturated rings. The summed E-state index contributed by atoms with van der Waals surface area (Å²) in [5.74, 6) is 2.48. The predicted molar refractivity (Wildman–Crippen MR) is 193 cm³/mol. The number of carbonyl (C=O) groups excluding carboxylic acids is 1. The minimum absolute atomic E-state index is 0.0246. The zero-order valence-electron chi connectivity index (χ0n) is 29.0. The predicted octanol–water partition coefficient (Wildman–Crippen LogP) is 7.71. The molecule has 5 rings (SSSR count). The zero-order chi connectivity index (χ0) is 34.8. The number of aliphatic hydroxyl groups excluding tert-OH is 2. The van der Waals surface area contributed by atoms with E-state index in [1.807, 2.05) is 30.8 Å². The van der Waals surface area contributed by atoms with Crippen LogP contribution in [0.25, 0.3) is 0 Å². The molecule has 2 aromatic rings. The molecule has 266 valence electrons. The van der Waals surface area contributed by atoms with Gasteiger partial charge in [-0.1, -0.05) is 37.1 Å². The number of rotatable bonds is 19. The van der Waals surface area contributed by atoms with Crippen LogP contribution < -0.4 is 14.2 Å². The van der Waals surface area contributed by atoms with Crippen molar-refractivity contribution in [2.75, 3.05) is 39.3 Å². The van der Waals surface area contributed by atoms with Crippen molar-refractivity contribution in [2.45, 2.75) is 75.7 Å². The molecule has 2 aromatic carbocycles.